The van der Waals surface area contributed by atoms with Crippen LogP contribution in [-0.2, 0) is 13.6 Å². The van der Waals surface area contributed by atoms with Crippen LogP contribution < -0.4 is 5.32 Å². The Morgan fingerprint density at radius 2 is 2.21 bits per heavy atom. The summed E-state index contributed by atoms with van der Waals surface area (Å²) in [6.07, 6.45) is 7.30. The standard InChI is InChI=1S/C15H28N4/c1-4-8-19-9-5-6-15(7-10-19)16-11-14-12-18(3)17-13(14)2/h12,15-16H,4-11H2,1-3H3. The molecule has 4 nitrogen and oxygen atoms in total. The minimum atomic E-state index is 0.668. The lowest BCUT2D eigenvalue weighted by atomic mass is 10.1. The Balaban J connectivity index is 1.78. The van der Waals surface area contributed by atoms with Gasteiger partial charge in [0.05, 0.1) is 5.69 Å². The van der Waals surface area contributed by atoms with Gasteiger partial charge in [-0.3, -0.25) is 4.68 Å². The van der Waals surface area contributed by atoms with E-state index < -0.39 is 0 Å². The topological polar surface area (TPSA) is 33.1 Å². The zero-order valence-corrected chi connectivity index (χ0v) is 12.7. The van der Waals surface area contributed by atoms with E-state index in [0.29, 0.717) is 6.04 Å². The van der Waals surface area contributed by atoms with Gasteiger partial charge in [-0.2, -0.15) is 5.10 Å². The van der Waals surface area contributed by atoms with E-state index in [1.165, 1.54) is 50.9 Å². The van der Waals surface area contributed by atoms with Crippen molar-refractivity contribution in [2.24, 2.45) is 7.05 Å². The quantitative estimate of drug-likeness (QED) is 0.884. The van der Waals surface area contributed by atoms with Gasteiger partial charge in [-0.05, 0) is 52.2 Å². The highest BCUT2D eigenvalue weighted by molar-refractivity contribution is 5.14. The van der Waals surface area contributed by atoms with E-state index in [1.54, 1.807) is 0 Å². The van der Waals surface area contributed by atoms with Crippen molar-refractivity contribution in [3.8, 4) is 0 Å². The van der Waals surface area contributed by atoms with Crippen LogP contribution in [0, 0.1) is 6.92 Å². The Morgan fingerprint density at radius 1 is 1.37 bits per heavy atom. The molecule has 0 aliphatic carbocycles. The average Bonchev–Trinajstić information content (AvgIpc) is 2.58. The van der Waals surface area contributed by atoms with Crippen molar-refractivity contribution >= 4 is 0 Å². The summed E-state index contributed by atoms with van der Waals surface area (Å²) in [7, 11) is 1.99. The zero-order valence-electron chi connectivity index (χ0n) is 12.7. The molecule has 1 aliphatic rings. The first-order chi connectivity index (χ1) is 9.19. The van der Waals surface area contributed by atoms with Crippen molar-refractivity contribution in [2.75, 3.05) is 19.6 Å². The molecule has 1 saturated heterocycles. The molecule has 1 unspecified atom stereocenters. The monoisotopic (exact) mass is 264 g/mol. The molecule has 1 aromatic rings. The highest BCUT2D eigenvalue weighted by Gasteiger charge is 2.16. The molecule has 2 heterocycles. The van der Waals surface area contributed by atoms with Crippen LogP contribution in [0.15, 0.2) is 6.20 Å². The normalized spacial score (nSPS) is 21.5. The third-order valence-electron chi connectivity index (χ3n) is 4.06. The number of nitrogens with zero attached hydrogens (tertiary/aromatic N) is 3. The van der Waals surface area contributed by atoms with Gasteiger partial charge >= 0.3 is 0 Å². The van der Waals surface area contributed by atoms with Crippen LogP contribution in [0.25, 0.3) is 0 Å². The number of aryl methyl sites for hydroxylation is 2. The summed E-state index contributed by atoms with van der Waals surface area (Å²) in [5.74, 6) is 0. The highest BCUT2D eigenvalue weighted by Crippen LogP contribution is 2.13. The van der Waals surface area contributed by atoms with Crippen molar-refractivity contribution in [3.63, 3.8) is 0 Å². The van der Waals surface area contributed by atoms with Gasteiger partial charge in [-0.15, -0.1) is 0 Å². The van der Waals surface area contributed by atoms with Crippen molar-refractivity contribution in [2.45, 2.75) is 52.1 Å². The fraction of sp³-hybridized carbons (Fsp3) is 0.800. The minimum Gasteiger partial charge on any atom is -0.310 e. The van der Waals surface area contributed by atoms with Crippen LogP contribution in [0.1, 0.15) is 43.9 Å². The summed E-state index contributed by atoms with van der Waals surface area (Å²) >= 11 is 0. The average molecular weight is 264 g/mol. The van der Waals surface area contributed by atoms with Crippen molar-refractivity contribution in [1.29, 1.82) is 0 Å². The van der Waals surface area contributed by atoms with Crippen LogP contribution >= 0.6 is 0 Å². The molecule has 1 N–H and O–H groups in total. The first-order valence-corrected chi connectivity index (χ1v) is 7.64. The number of likely N-dealkylation sites (tertiary alicyclic amines) is 1. The van der Waals surface area contributed by atoms with Crippen LogP contribution in [-0.4, -0.2) is 40.4 Å². The second kappa shape index (κ2) is 7.06. The van der Waals surface area contributed by atoms with Gasteiger partial charge in [0.25, 0.3) is 0 Å². The molecule has 1 aromatic heterocycles. The third-order valence-corrected chi connectivity index (χ3v) is 4.06. The first-order valence-electron chi connectivity index (χ1n) is 7.64. The summed E-state index contributed by atoms with van der Waals surface area (Å²) in [5.41, 5.74) is 2.48. The van der Waals surface area contributed by atoms with Crippen LogP contribution in [0.2, 0.25) is 0 Å². The molecule has 0 bridgehead atoms. The molecule has 0 aromatic carbocycles. The second-order valence-electron chi connectivity index (χ2n) is 5.76. The van der Waals surface area contributed by atoms with Crippen LogP contribution in [0.4, 0.5) is 0 Å². The number of hydrogen-bond donors (Lipinski definition) is 1. The van der Waals surface area contributed by atoms with Gasteiger partial charge in [-0.25, -0.2) is 0 Å². The SMILES string of the molecule is CCCN1CCCC(NCc2cn(C)nc2C)CC1. The van der Waals surface area contributed by atoms with Gasteiger partial charge in [0.2, 0.25) is 0 Å². The summed E-state index contributed by atoms with van der Waals surface area (Å²) in [6.45, 7) is 9.10. The molecule has 0 saturated carbocycles. The van der Waals surface area contributed by atoms with Gasteiger partial charge in [0, 0.05) is 31.4 Å². The summed E-state index contributed by atoms with van der Waals surface area (Å²) in [6, 6.07) is 0.668. The van der Waals surface area contributed by atoms with Crippen LogP contribution in [0.5, 0.6) is 0 Å². The lowest BCUT2D eigenvalue weighted by molar-refractivity contribution is 0.282. The van der Waals surface area contributed by atoms with Gasteiger partial charge in [-0.1, -0.05) is 6.92 Å². The Morgan fingerprint density at radius 3 is 2.89 bits per heavy atom. The predicted molar refractivity (Wildman–Crippen MR) is 79.2 cm³/mol. The smallest absolute Gasteiger partial charge is 0.0638 e. The molecule has 0 radical (unpaired) electrons. The molecule has 0 amide bonds. The minimum absolute atomic E-state index is 0.668. The molecule has 1 aliphatic heterocycles. The van der Waals surface area contributed by atoms with Gasteiger partial charge in [0.1, 0.15) is 0 Å². The highest BCUT2D eigenvalue weighted by atomic mass is 15.3. The maximum absolute atomic E-state index is 4.40. The number of aromatic nitrogens is 2. The van der Waals surface area contributed by atoms with Gasteiger partial charge in [0.15, 0.2) is 0 Å². The number of hydrogen-bond acceptors (Lipinski definition) is 3. The molecule has 0 spiro atoms. The van der Waals surface area contributed by atoms with E-state index in [9.17, 15) is 0 Å². The molecule has 1 atom stereocenters. The fourth-order valence-electron chi connectivity index (χ4n) is 2.98. The van der Waals surface area contributed by atoms with E-state index in [2.05, 4.69) is 35.4 Å². The molecule has 4 heteroatoms. The zero-order chi connectivity index (χ0) is 13.7. The Hall–Kier alpha value is -0.870. The van der Waals surface area contributed by atoms with Crippen LogP contribution in [0.3, 0.4) is 0 Å². The summed E-state index contributed by atoms with van der Waals surface area (Å²) in [4.78, 5) is 2.61. The molecule has 2 rings (SSSR count). The molecular weight excluding hydrogens is 236 g/mol. The Labute approximate surface area is 117 Å². The van der Waals surface area contributed by atoms with E-state index in [4.69, 9.17) is 0 Å². The van der Waals surface area contributed by atoms with E-state index in [-0.39, 0.29) is 0 Å². The second-order valence-corrected chi connectivity index (χ2v) is 5.76. The van der Waals surface area contributed by atoms with E-state index in [1.807, 2.05) is 11.7 Å². The lowest BCUT2D eigenvalue weighted by Gasteiger charge is -2.19. The number of nitrogens with one attached hydrogen (secondary N) is 1. The summed E-state index contributed by atoms with van der Waals surface area (Å²) in [5, 5.41) is 8.11. The van der Waals surface area contributed by atoms with Gasteiger partial charge < -0.3 is 10.2 Å². The number of rotatable bonds is 5. The van der Waals surface area contributed by atoms with E-state index >= 15 is 0 Å². The molecule has 108 valence electrons. The molecule has 1 fully saturated rings. The Kier molecular flexibility index (Phi) is 5.40. The Bertz CT molecular complexity index is 385. The van der Waals surface area contributed by atoms with Crippen molar-refractivity contribution < 1.29 is 0 Å². The molecular formula is C15H28N4. The fourth-order valence-corrected chi connectivity index (χ4v) is 2.98. The van der Waals surface area contributed by atoms with Crippen molar-refractivity contribution in [1.82, 2.24) is 20.0 Å². The largest absolute Gasteiger partial charge is 0.310 e. The van der Waals surface area contributed by atoms with E-state index in [0.717, 1.165) is 12.2 Å². The lowest BCUT2D eigenvalue weighted by Crippen LogP contribution is -2.31. The third kappa shape index (κ3) is 4.32. The predicted octanol–water partition coefficient (Wildman–Crippen LogP) is 2.08. The maximum atomic E-state index is 4.40. The summed E-state index contributed by atoms with van der Waals surface area (Å²) < 4.78 is 1.91. The molecule has 19 heavy (non-hydrogen) atoms. The first kappa shape index (κ1) is 14.5. The maximum Gasteiger partial charge on any atom is 0.0638 e. The van der Waals surface area contributed by atoms with Crippen molar-refractivity contribution in [3.05, 3.63) is 17.5 Å².